The topological polar surface area (TPSA) is 129 Å². The zero-order chi connectivity index (χ0) is 68.6. The molecule has 10 aromatic heterocycles. The number of para-hydroxylation sites is 2. The quantitative estimate of drug-likeness (QED) is 0.136. The average molecular weight is 1330 g/mol. The van der Waals surface area contributed by atoms with Gasteiger partial charge in [-0.2, -0.15) is 0 Å². The van der Waals surface area contributed by atoms with Crippen molar-refractivity contribution in [1.82, 2.24) is 49.8 Å². The summed E-state index contributed by atoms with van der Waals surface area (Å²) < 4.78 is 0. The van der Waals surface area contributed by atoms with Crippen molar-refractivity contribution in [1.29, 1.82) is 0 Å². The van der Waals surface area contributed by atoms with Gasteiger partial charge in [0.05, 0.1) is 83.6 Å². The van der Waals surface area contributed by atoms with Gasteiger partial charge in [-0.1, -0.05) is 194 Å². The molecule has 0 amide bonds. The Hall–Kier alpha value is -14.2. The lowest BCUT2D eigenvalue weighted by molar-refractivity contribution is 1.37. The van der Waals surface area contributed by atoms with Crippen LogP contribution in [0, 0.1) is 0 Å². The molecular weight excluding hydrogens is 1270 g/mol. The van der Waals surface area contributed by atoms with Crippen LogP contribution >= 0.6 is 0 Å². The van der Waals surface area contributed by atoms with Gasteiger partial charge in [0.2, 0.25) is 0 Å². The minimum atomic E-state index is 0.915. The number of benzene rings is 11. The summed E-state index contributed by atoms with van der Waals surface area (Å²) in [4.78, 5) is 48.6. The van der Waals surface area contributed by atoms with Gasteiger partial charge in [-0.25, -0.2) is 24.9 Å². The van der Waals surface area contributed by atoms with E-state index in [-0.39, 0.29) is 0 Å². The molecule has 0 bridgehead atoms. The zero-order valence-corrected chi connectivity index (χ0v) is 55.8. The standard InChI is InChI=1S/C49H29N5.C45H27N5/c1-2-10-38-37(9-1)39(19-20-40(38)45-23-14-32-13-12-31-8-5-27-51-48(31)49(32)54-45)44-24-17-35-28-33(15-21-42(35)52-44)34-16-22-43-36(29-34)18-25-46(53-43)41-11-3-6-30-7-4-26-50-47(30)41;1-5-30-6-2-22-46-43(30)37(8-1)42-21-17-34-26-32(15-19-41(34)50-42)31-14-18-40-33(25-31)16-20-39(49-40)29-12-10-28(11-13-29)38-27-35-7-3-23-47-44(35)45-36(38)9-4-24-48-45/h1-29H;1-27H. The molecule has 11 aromatic carbocycles. The summed E-state index contributed by atoms with van der Waals surface area (Å²) in [5, 5.41) is 13.2. The largest absolute Gasteiger partial charge is 0.256 e. The maximum atomic E-state index is 5.18. The molecule has 0 saturated heterocycles. The molecule has 21 aromatic rings. The Bertz CT molecular complexity index is 7070. The van der Waals surface area contributed by atoms with E-state index in [9.17, 15) is 0 Å². The molecule has 0 radical (unpaired) electrons. The molecule has 0 fully saturated rings. The van der Waals surface area contributed by atoms with Gasteiger partial charge in [0.15, 0.2) is 0 Å². The van der Waals surface area contributed by atoms with Crippen molar-refractivity contribution in [2.24, 2.45) is 0 Å². The van der Waals surface area contributed by atoms with Crippen LogP contribution < -0.4 is 0 Å². The fraction of sp³-hybridized carbons (Fsp3) is 0. The molecule has 10 heterocycles. The van der Waals surface area contributed by atoms with E-state index in [1.807, 2.05) is 61.3 Å². The fourth-order valence-electron chi connectivity index (χ4n) is 14.9. The van der Waals surface area contributed by atoms with E-state index in [0.29, 0.717) is 0 Å². The molecule has 0 spiro atoms. The molecule has 0 atom stereocenters. The molecule has 10 heteroatoms. The molecule has 0 N–H and O–H groups in total. The SMILES string of the molecule is c1cnc2c(-c3ccc4cc(-c5ccc6nc(-c7ccc(-c8cc9cccnc9c9ncccc89)cc7)ccc6c5)ccc4n3)cccc2c1.c1cnc2c(-c3ccc4cc(-c5ccc6nc(-c7ccc(-c8ccc9ccc%10cccnc%10c9n8)c8ccccc78)ccc6c5)ccc4n3)cccc2c1. The van der Waals surface area contributed by atoms with E-state index in [1.165, 1.54) is 0 Å². The highest BCUT2D eigenvalue weighted by atomic mass is 14.8. The minimum absolute atomic E-state index is 0.915. The molecule has 482 valence electrons. The van der Waals surface area contributed by atoms with Gasteiger partial charge in [-0.05, 0) is 159 Å². The first-order valence-electron chi connectivity index (χ1n) is 34.7. The Balaban J connectivity index is 0.000000139. The van der Waals surface area contributed by atoms with Crippen molar-refractivity contribution in [2.75, 3.05) is 0 Å². The molecule has 10 nitrogen and oxygen atoms in total. The van der Waals surface area contributed by atoms with Gasteiger partial charge >= 0.3 is 0 Å². The number of hydrogen-bond donors (Lipinski definition) is 0. The monoisotopic (exact) mass is 1320 g/mol. The van der Waals surface area contributed by atoms with Crippen LogP contribution in [-0.2, 0) is 0 Å². The molecule has 104 heavy (non-hydrogen) atoms. The van der Waals surface area contributed by atoms with Crippen LogP contribution in [-0.4, -0.2) is 49.8 Å². The van der Waals surface area contributed by atoms with Crippen molar-refractivity contribution in [3.63, 3.8) is 0 Å². The third-order valence-electron chi connectivity index (χ3n) is 20.1. The van der Waals surface area contributed by atoms with Gasteiger partial charge < -0.3 is 0 Å². The second-order valence-corrected chi connectivity index (χ2v) is 26.3. The Morgan fingerprint density at radius 3 is 0.990 bits per heavy atom. The lowest BCUT2D eigenvalue weighted by Gasteiger charge is -2.13. The summed E-state index contributed by atoms with van der Waals surface area (Å²) in [6.07, 6.45) is 9.16. The van der Waals surface area contributed by atoms with Gasteiger partial charge in [0.25, 0.3) is 0 Å². The molecule has 0 aliphatic rings. The Kier molecular flexibility index (Phi) is 14.3. The normalized spacial score (nSPS) is 11.7. The number of aromatic nitrogens is 10. The molecule has 0 aliphatic heterocycles. The summed E-state index contributed by atoms with van der Waals surface area (Å²) in [6.45, 7) is 0. The molecule has 0 saturated carbocycles. The van der Waals surface area contributed by atoms with E-state index < -0.39 is 0 Å². The second-order valence-electron chi connectivity index (χ2n) is 26.3. The highest BCUT2D eigenvalue weighted by molar-refractivity contribution is 6.11. The first-order chi connectivity index (χ1) is 51.5. The van der Waals surface area contributed by atoms with E-state index in [1.54, 1.807) is 0 Å². The van der Waals surface area contributed by atoms with Gasteiger partial charge in [-0.3, -0.25) is 24.9 Å². The summed E-state index contributed by atoms with van der Waals surface area (Å²) in [7, 11) is 0. The maximum absolute atomic E-state index is 5.18. The summed E-state index contributed by atoms with van der Waals surface area (Å²) in [6, 6.07) is 108. The molecule has 21 rings (SSSR count). The summed E-state index contributed by atoms with van der Waals surface area (Å²) in [5.41, 5.74) is 26.3. The van der Waals surface area contributed by atoms with Crippen LogP contribution in [0.5, 0.6) is 0 Å². The third-order valence-corrected chi connectivity index (χ3v) is 20.1. The average Bonchev–Trinajstić information content (AvgIpc) is 0.767. The predicted octanol–water partition coefficient (Wildman–Crippen LogP) is 23.3. The Labute approximate surface area is 596 Å². The van der Waals surface area contributed by atoms with Crippen LogP contribution in [0.1, 0.15) is 0 Å². The van der Waals surface area contributed by atoms with E-state index in [0.717, 1.165) is 209 Å². The van der Waals surface area contributed by atoms with Gasteiger partial charge in [0.1, 0.15) is 0 Å². The van der Waals surface area contributed by atoms with Crippen LogP contribution in [0.2, 0.25) is 0 Å². The maximum Gasteiger partial charge on any atom is 0.0972 e. The van der Waals surface area contributed by atoms with Crippen LogP contribution in [0.4, 0.5) is 0 Å². The van der Waals surface area contributed by atoms with Crippen molar-refractivity contribution >= 4 is 120 Å². The minimum Gasteiger partial charge on any atom is -0.256 e. The van der Waals surface area contributed by atoms with Crippen molar-refractivity contribution in [3.8, 4) is 89.7 Å². The summed E-state index contributed by atoms with van der Waals surface area (Å²) >= 11 is 0. The zero-order valence-electron chi connectivity index (χ0n) is 55.8. The highest BCUT2D eigenvalue weighted by Crippen LogP contribution is 2.40. The number of pyridine rings is 10. The Morgan fingerprint density at radius 1 is 0.154 bits per heavy atom. The lowest BCUT2D eigenvalue weighted by atomic mass is 9.95. The van der Waals surface area contributed by atoms with E-state index in [2.05, 4.69) is 304 Å². The molecule has 0 unspecified atom stereocenters. The predicted molar refractivity (Wildman–Crippen MR) is 427 cm³/mol. The summed E-state index contributed by atoms with van der Waals surface area (Å²) in [5.74, 6) is 0. The van der Waals surface area contributed by atoms with Crippen LogP contribution in [0.25, 0.3) is 209 Å². The van der Waals surface area contributed by atoms with Crippen LogP contribution in [0.3, 0.4) is 0 Å². The van der Waals surface area contributed by atoms with Crippen molar-refractivity contribution < 1.29 is 0 Å². The Morgan fingerprint density at radius 2 is 0.490 bits per heavy atom. The van der Waals surface area contributed by atoms with Crippen molar-refractivity contribution in [3.05, 3.63) is 340 Å². The molecular formula is C94H56N10. The van der Waals surface area contributed by atoms with E-state index >= 15 is 0 Å². The van der Waals surface area contributed by atoms with Gasteiger partial charge in [-0.15, -0.1) is 0 Å². The first-order valence-corrected chi connectivity index (χ1v) is 34.7. The third kappa shape index (κ3) is 10.7. The fourth-order valence-corrected chi connectivity index (χ4v) is 14.9. The highest BCUT2D eigenvalue weighted by Gasteiger charge is 2.18. The second kappa shape index (κ2) is 24.9. The van der Waals surface area contributed by atoms with Crippen LogP contribution in [0.15, 0.2) is 340 Å². The first kappa shape index (κ1) is 59.8. The van der Waals surface area contributed by atoms with Gasteiger partial charge in [0, 0.05) is 113 Å². The number of rotatable bonds is 8. The van der Waals surface area contributed by atoms with E-state index in [4.69, 9.17) is 24.9 Å². The smallest absolute Gasteiger partial charge is 0.0972 e. The number of hydrogen-bond acceptors (Lipinski definition) is 10. The number of nitrogens with zero attached hydrogens (tertiary/aromatic N) is 10. The number of fused-ring (bicyclic) bond motifs is 13. The molecule has 0 aliphatic carbocycles. The lowest BCUT2D eigenvalue weighted by Crippen LogP contribution is -1.92. The van der Waals surface area contributed by atoms with Crippen molar-refractivity contribution in [2.45, 2.75) is 0 Å².